The van der Waals surface area contributed by atoms with Crippen LogP contribution < -0.4 is 5.32 Å². The molecule has 0 amide bonds. The number of rotatable bonds is 6. The van der Waals surface area contributed by atoms with Crippen LogP contribution in [-0.2, 0) is 13.1 Å². The van der Waals surface area contributed by atoms with E-state index >= 15 is 0 Å². The predicted molar refractivity (Wildman–Crippen MR) is 92.9 cm³/mol. The number of benzene rings is 1. The highest BCUT2D eigenvalue weighted by Crippen LogP contribution is 2.33. The monoisotopic (exact) mass is 302 g/mol. The molecular formula is C18H26N2S. The van der Waals surface area contributed by atoms with E-state index in [2.05, 4.69) is 48.3 Å². The molecule has 0 bridgehead atoms. The van der Waals surface area contributed by atoms with Gasteiger partial charge in [-0.05, 0) is 48.9 Å². The van der Waals surface area contributed by atoms with Gasteiger partial charge in [0.2, 0.25) is 0 Å². The summed E-state index contributed by atoms with van der Waals surface area (Å²) in [6, 6.07) is 8.89. The fourth-order valence-corrected chi connectivity index (χ4v) is 4.42. The number of thiophene rings is 1. The number of nitrogens with zero attached hydrogens (tertiary/aromatic N) is 1. The summed E-state index contributed by atoms with van der Waals surface area (Å²) in [5.41, 5.74) is 1.56. The lowest BCUT2D eigenvalue weighted by Crippen LogP contribution is -2.21. The number of nitrogens with one attached hydrogen (secondary N) is 1. The summed E-state index contributed by atoms with van der Waals surface area (Å²) >= 11 is 1.97. The van der Waals surface area contributed by atoms with Gasteiger partial charge in [0.1, 0.15) is 0 Å². The smallest absolute Gasteiger partial charge is 0.0349 e. The van der Waals surface area contributed by atoms with Gasteiger partial charge in [0, 0.05) is 29.2 Å². The van der Waals surface area contributed by atoms with Crippen molar-refractivity contribution in [2.75, 3.05) is 19.6 Å². The molecular weight excluding hydrogens is 276 g/mol. The van der Waals surface area contributed by atoms with Crippen LogP contribution >= 0.6 is 11.3 Å². The molecule has 0 radical (unpaired) electrons. The van der Waals surface area contributed by atoms with Crippen LogP contribution in [-0.4, -0.2) is 24.5 Å². The van der Waals surface area contributed by atoms with Crippen LogP contribution in [0, 0.1) is 5.92 Å². The zero-order valence-electron chi connectivity index (χ0n) is 13.2. The molecule has 3 rings (SSSR count). The summed E-state index contributed by atoms with van der Waals surface area (Å²) in [6.07, 6.45) is 2.55. The Kier molecular flexibility index (Phi) is 4.94. The molecule has 114 valence electrons. The SMILES string of the molecule is CCCNCc1sc2ccccc2c1CN1CCC(C)C1. The maximum absolute atomic E-state index is 3.58. The van der Waals surface area contributed by atoms with Gasteiger partial charge in [-0.15, -0.1) is 11.3 Å². The van der Waals surface area contributed by atoms with Crippen molar-refractivity contribution in [3.63, 3.8) is 0 Å². The van der Waals surface area contributed by atoms with Gasteiger partial charge in [0.15, 0.2) is 0 Å². The first kappa shape index (κ1) is 15.0. The van der Waals surface area contributed by atoms with Crippen LogP contribution in [0.5, 0.6) is 0 Å². The Morgan fingerprint density at radius 2 is 2.19 bits per heavy atom. The van der Waals surface area contributed by atoms with Crippen molar-refractivity contribution in [1.82, 2.24) is 10.2 Å². The Hall–Kier alpha value is -0.900. The van der Waals surface area contributed by atoms with Gasteiger partial charge >= 0.3 is 0 Å². The van der Waals surface area contributed by atoms with Gasteiger partial charge in [-0.1, -0.05) is 32.0 Å². The number of likely N-dealkylation sites (tertiary alicyclic amines) is 1. The third kappa shape index (κ3) is 3.47. The quantitative estimate of drug-likeness (QED) is 0.803. The molecule has 1 aromatic carbocycles. The van der Waals surface area contributed by atoms with Crippen LogP contribution in [0.2, 0.25) is 0 Å². The standard InChI is InChI=1S/C18H26N2S/c1-3-9-19-11-18-16(13-20-10-8-14(2)12-20)15-6-4-5-7-17(15)21-18/h4-7,14,19H,3,8-13H2,1-2H3. The van der Waals surface area contributed by atoms with E-state index in [-0.39, 0.29) is 0 Å². The van der Waals surface area contributed by atoms with E-state index in [1.165, 1.54) is 40.9 Å². The van der Waals surface area contributed by atoms with E-state index < -0.39 is 0 Å². The molecule has 1 aliphatic heterocycles. The van der Waals surface area contributed by atoms with Crippen molar-refractivity contribution in [3.8, 4) is 0 Å². The van der Waals surface area contributed by atoms with Gasteiger partial charge in [-0.2, -0.15) is 0 Å². The minimum Gasteiger partial charge on any atom is -0.312 e. The van der Waals surface area contributed by atoms with Crippen molar-refractivity contribution in [1.29, 1.82) is 0 Å². The largest absolute Gasteiger partial charge is 0.312 e. The molecule has 1 atom stereocenters. The normalized spacial score (nSPS) is 19.6. The summed E-state index contributed by atoms with van der Waals surface area (Å²) in [6.45, 7) is 10.4. The van der Waals surface area contributed by atoms with E-state index in [0.29, 0.717) is 0 Å². The van der Waals surface area contributed by atoms with Crippen LogP contribution in [0.3, 0.4) is 0 Å². The van der Waals surface area contributed by atoms with Crippen molar-refractivity contribution in [2.24, 2.45) is 5.92 Å². The Labute approximate surface area is 132 Å². The molecule has 0 aliphatic carbocycles. The highest BCUT2D eigenvalue weighted by molar-refractivity contribution is 7.19. The first-order chi connectivity index (χ1) is 10.3. The third-order valence-corrected chi connectivity index (χ3v) is 5.60. The Balaban J connectivity index is 1.84. The first-order valence-electron chi connectivity index (χ1n) is 8.20. The lowest BCUT2D eigenvalue weighted by Gasteiger charge is -2.16. The minimum absolute atomic E-state index is 0.858. The highest BCUT2D eigenvalue weighted by atomic mass is 32.1. The van der Waals surface area contributed by atoms with Gasteiger partial charge in [-0.3, -0.25) is 4.90 Å². The molecule has 2 heterocycles. The molecule has 1 aliphatic rings. The van der Waals surface area contributed by atoms with Crippen molar-refractivity contribution < 1.29 is 0 Å². The second-order valence-corrected chi connectivity index (χ2v) is 7.44. The molecule has 1 aromatic heterocycles. The molecule has 3 heteroatoms. The molecule has 1 fully saturated rings. The summed E-state index contributed by atoms with van der Waals surface area (Å²) in [5.74, 6) is 0.858. The zero-order valence-corrected chi connectivity index (χ0v) is 14.0. The molecule has 1 N–H and O–H groups in total. The third-order valence-electron chi connectivity index (χ3n) is 4.38. The van der Waals surface area contributed by atoms with Crippen molar-refractivity contribution in [3.05, 3.63) is 34.7 Å². The second kappa shape index (κ2) is 6.91. The maximum atomic E-state index is 3.58. The topological polar surface area (TPSA) is 15.3 Å². The van der Waals surface area contributed by atoms with E-state index in [9.17, 15) is 0 Å². The van der Waals surface area contributed by atoms with E-state index in [0.717, 1.165) is 25.6 Å². The lowest BCUT2D eigenvalue weighted by atomic mass is 10.1. The number of hydrogen-bond donors (Lipinski definition) is 1. The van der Waals surface area contributed by atoms with E-state index in [4.69, 9.17) is 0 Å². The predicted octanol–water partition coefficient (Wildman–Crippen LogP) is 4.24. The maximum Gasteiger partial charge on any atom is 0.0349 e. The summed E-state index contributed by atoms with van der Waals surface area (Å²) in [4.78, 5) is 4.16. The van der Waals surface area contributed by atoms with Crippen molar-refractivity contribution in [2.45, 2.75) is 39.8 Å². The molecule has 1 unspecified atom stereocenters. The summed E-state index contributed by atoms with van der Waals surface area (Å²) in [5, 5.41) is 5.05. The molecule has 0 saturated carbocycles. The number of hydrogen-bond acceptors (Lipinski definition) is 3. The van der Waals surface area contributed by atoms with Crippen LogP contribution in [0.25, 0.3) is 10.1 Å². The fourth-order valence-electron chi connectivity index (χ4n) is 3.24. The second-order valence-electron chi connectivity index (χ2n) is 6.31. The summed E-state index contributed by atoms with van der Waals surface area (Å²) < 4.78 is 1.44. The van der Waals surface area contributed by atoms with E-state index in [1.807, 2.05) is 11.3 Å². The zero-order chi connectivity index (χ0) is 14.7. The van der Waals surface area contributed by atoms with Gasteiger partial charge in [0.05, 0.1) is 0 Å². The highest BCUT2D eigenvalue weighted by Gasteiger charge is 2.21. The first-order valence-corrected chi connectivity index (χ1v) is 9.02. The Bertz CT molecular complexity index is 590. The Morgan fingerprint density at radius 3 is 2.95 bits per heavy atom. The average molecular weight is 302 g/mol. The number of fused-ring (bicyclic) bond motifs is 1. The van der Waals surface area contributed by atoms with Gasteiger partial charge in [-0.25, -0.2) is 0 Å². The van der Waals surface area contributed by atoms with Crippen LogP contribution in [0.15, 0.2) is 24.3 Å². The van der Waals surface area contributed by atoms with E-state index in [1.54, 1.807) is 5.56 Å². The molecule has 0 spiro atoms. The van der Waals surface area contributed by atoms with Crippen molar-refractivity contribution >= 4 is 21.4 Å². The lowest BCUT2D eigenvalue weighted by molar-refractivity contribution is 0.321. The van der Waals surface area contributed by atoms with Gasteiger partial charge in [0.25, 0.3) is 0 Å². The van der Waals surface area contributed by atoms with Crippen LogP contribution in [0.1, 0.15) is 37.1 Å². The molecule has 2 nitrogen and oxygen atoms in total. The van der Waals surface area contributed by atoms with Crippen LogP contribution in [0.4, 0.5) is 0 Å². The average Bonchev–Trinajstić information content (AvgIpc) is 3.05. The molecule has 1 saturated heterocycles. The Morgan fingerprint density at radius 1 is 1.33 bits per heavy atom. The fraction of sp³-hybridized carbons (Fsp3) is 0.556. The summed E-state index contributed by atoms with van der Waals surface area (Å²) in [7, 11) is 0. The molecule has 21 heavy (non-hydrogen) atoms. The molecule has 2 aromatic rings. The van der Waals surface area contributed by atoms with Gasteiger partial charge < -0.3 is 5.32 Å². The minimum atomic E-state index is 0.858.